The van der Waals surface area contributed by atoms with Crippen molar-refractivity contribution in [2.75, 3.05) is 13.2 Å². The van der Waals surface area contributed by atoms with Crippen LogP contribution in [0.2, 0.25) is 0 Å². The van der Waals surface area contributed by atoms with Crippen LogP contribution in [0.5, 0.6) is 0 Å². The smallest absolute Gasteiger partial charge is 0.241 e. The molecule has 0 spiro atoms. The van der Waals surface area contributed by atoms with Gasteiger partial charge in [0.25, 0.3) is 0 Å². The second kappa shape index (κ2) is 5.61. The van der Waals surface area contributed by atoms with E-state index in [4.69, 9.17) is 4.74 Å². The Morgan fingerprint density at radius 3 is 2.42 bits per heavy atom. The van der Waals surface area contributed by atoms with Crippen LogP contribution in [0.3, 0.4) is 0 Å². The van der Waals surface area contributed by atoms with Crippen LogP contribution >= 0.6 is 0 Å². The van der Waals surface area contributed by atoms with Crippen LogP contribution in [0.1, 0.15) is 29.5 Å². The largest absolute Gasteiger partial charge is 0.377 e. The van der Waals surface area contributed by atoms with Crippen molar-refractivity contribution < 1.29 is 13.2 Å². The second-order valence-corrected chi connectivity index (χ2v) is 6.92. The van der Waals surface area contributed by atoms with Gasteiger partial charge in [0.15, 0.2) is 0 Å². The molecule has 5 heteroatoms. The van der Waals surface area contributed by atoms with Crippen molar-refractivity contribution in [2.24, 2.45) is 0 Å². The molecule has 0 bridgehead atoms. The van der Waals surface area contributed by atoms with Gasteiger partial charge in [0.1, 0.15) is 0 Å². The third-order valence-corrected chi connectivity index (χ3v) is 5.13. The van der Waals surface area contributed by atoms with Crippen molar-refractivity contribution in [3.8, 4) is 0 Å². The van der Waals surface area contributed by atoms with E-state index in [0.29, 0.717) is 11.4 Å². The van der Waals surface area contributed by atoms with Crippen molar-refractivity contribution in [1.82, 2.24) is 4.72 Å². The average molecular weight is 283 g/mol. The Balaban J connectivity index is 2.19. The fraction of sp³-hybridized carbons (Fsp3) is 0.571. The molecule has 1 saturated heterocycles. The summed E-state index contributed by atoms with van der Waals surface area (Å²) in [6.07, 6.45) is 1.95. The topological polar surface area (TPSA) is 55.4 Å². The maximum absolute atomic E-state index is 12.4. The lowest BCUT2D eigenvalue weighted by Gasteiger charge is -2.15. The van der Waals surface area contributed by atoms with Crippen molar-refractivity contribution in [1.29, 1.82) is 0 Å². The summed E-state index contributed by atoms with van der Waals surface area (Å²) in [6, 6.07) is 3.79. The number of rotatable bonds is 4. The molecular weight excluding hydrogens is 262 g/mol. The Hall–Kier alpha value is -0.910. The molecule has 1 aliphatic rings. The van der Waals surface area contributed by atoms with Crippen LogP contribution in [-0.2, 0) is 14.8 Å². The molecule has 4 nitrogen and oxygen atoms in total. The van der Waals surface area contributed by atoms with E-state index in [0.717, 1.165) is 36.1 Å². The highest BCUT2D eigenvalue weighted by Gasteiger charge is 2.23. The maximum atomic E-state index is 12.4. The molecule has 0 radical (unpaired) electrons. The van der Waals surface area contributed by atoms with E-state index in [9.17, 15) is 8.42 Å². The predicted octanol–water partition coefficient (Wildman–Crippen LogP) is 2.07. The normalized spacial score (nSPS) is 19.8. The van der Waals surface area contributed by atoms with Gasteiger partial charge in [-0.1, -0.05) is 17.7 Å². The summed E-state index contributed by atoms with van der Waals surface area (Å²) in [5.41, 5.74) is 2.66. The highest BCUT2D eigenvalue weighted by Crippen LogP contribution is 2.22. The Morgan fingerprint density at radius 2 is 1.89 bits per heavy atom. The minimum Gasteiger partial charge on any atom is -0.377 e. The molecule has 0 aromatic heterocycles. The van der Waals surface area contributed by atoms with Crippen molar-refractivity contribution in [3.63, 3.8) is 0 Å². The van der Waals surface area contributed by atoms with Gasteiger partial charge in [-0.3, -0.25) is 0 Å². The summed E-state index contributed by atoms with van der Waals surface area (Å²) in [5, 5.41) is 0. The molecule has 1 N–H and O–H groups in total. The highest BCUT2D eigenvalue weighted by molar-refractivity contribution is 7.89. The molecule has 0 saturated carbocycles. The van der Waals surface area contributed by atoms with Gasteiger partial charge in [0.2, 0.25) is 10.0 Å². The Labute approximate surface area is 115 Å². The quantitative estimate of drug-likeness (QED) is 0.920. The lowest BCUT2D eigenvalue weighted by molar-refractivity contribution is 0.114. The van der Waals surface area contributed by atoms with E-state index in [1.54, 1.807) is 0 Å². The molecule has 1 aliphatic heterocycles. The number of ether oxygens (including phenoxy) is 1. The van der Waals surface area contributed by atoms with Crippen LogP contribution in [-0.4, -0.2) is 27.7 Å². The van der Waals surface area contributed by atoms with Crippen LogP contribution in [0.15, 0.2) is 17.0 Å². The van der Waals surface area contributed by atoms with E-state index in [1.807, 2.05) is 32.9 Å². The van der Waals surface area contributed by atoms with Crippen LogP contribution in [0.25, 0.3) is 0 Å². The first-order valence-electron chi connectivity index (χ1n) is 6.59. The summed E-state index contributed by atoms with van der Waals surface area (Å²) in [4.78, 5) is 0.399. The fourth-order valence-electron chi connectivity index (χ4n) is 2.67. The van der Waals surface area contributed by atoms with Gasteiger partial charge in [-0.05, 0) is 44.7 Å². The van der Waals surface area contributed by atoms with E-state index in [1.165, 1.54) is 0 Å². The third kappa shape index (κ3) is 3.35. The summed E-state index contributed by atoms with van der Waals surface area (Å²) < 4.78 is 32.9. The van der Waals surface area contributed by atoms with Gasteiger partial charge >= 0.3 is 0 Å². The number of nitrogens with one attached hydrogen (secondary N) is 1. The number of hydrogen-bond acceptors (Lipinski definition) is 3. The zero-order valence-corrected chi connectivity index (χ0v) is 12.5. The monoisotopic (exact) mass is 283 g/mol. The lowest BCUT2D eigenvalue weighted by Crippen LogP contribution is -2.32. The first kappa shape index (κ1) is 14.5. The molecule has 1 aromatic carbocycles. The zero-order valence-electron chi connectivity index (χ0n) is 11.7. The number of hydrogen-bond donors (Lipinski definition) is 1. The average Bonchev–Trinajstić information content (AvgIpc) is 2.77. The molecule has 0 unspecified atom stereocenters. The number of aryl methyl sites for hydroxylation is 3. The van der Waals surface area contributed by atoms with Crippen molar-refractivity contribution in [3.05, 3.63) is 28.8 Å². The molecule has 1 atom stereocenters. The highest BCUT2D eigenvalue weighted by atomic mass is 32.2. The Bertz CT molecular complexity index is 537. The summed E-state index contributed by atoms with van der Waals surface area (Å²) in [7, 11) is -3.46. The molecule has 106 valence electrons. The Morgan fingerprint density at radius 1 is 1.26 bits per heavy atom. The third-order valence-electron chi connectivity index (χ3n) is 3.40. The van der Waals surface area contributed by atoms with E-state index in [2.05, 4.69) is 4.72 Å². The second-order valence-electron chi connectivity index (χ2n) is 5.21. The number of benzene rings is 1. The molecule has 2 rings (SSSR count). The SMILES string of the molecule is Cc1cc(C)c(S(=O)(=O)NC[C@H]2CCCO2)c(C)c1. The lowest BCUT2D eigenvalue weighted by atomic mass is 10.1. The van der Waals surface area contributed by atoms with Crippen LogP contribution < -0.4 is 4.72 Å². The van der Waals surface area contributed by atoms with Gasteiger partial charge in [0, 0.05) is 13.2 Å². The van der Waals surface area contributed by atoms with Crippen molar-refractivity contribution >= 4 is 10.0 Å². The molecule has 0 aliphatic carbocycles. The standard InChI is InChI=1S/C14H21NO3S/c1-10-7-11(2)14(12(3)8-10)19(16,17)15-9-13-5-4-6-18-13/h7-8,13,15H,4-6,9H2,1-3H3/t13-/m1/s1. The van der Waals surface area contributed by atoms with Gasteiger partial charge in [-0.25, -0.2) is 13.1 Å². The summed E-state index contributed by atoms with van der Waals surface area (Å²) in [6.45, 7) is 6.72. The minimum atomic E-state index is -3.46. The summed E-state index contributed by atoms with van der Waals surface area (Å²) in [5.74, 6) is 0. The molecule has 0 amide bonds. The van der Waals surface area contributed by atoms with Crippen LogP contribution in [0, 0.1) is 20.8 Å². The van der Waals surface area contributed by atoms with Gasteiger partial charge in [-0.2, -0.15) is 0 Å². The van der Waals surface area contributed by atoms with E-state index >= 15 is 0 Å². The first-order valence-corrected chi connectivity index (χ1v) is 8.07. The molecule has 1 aromatic rings. The van der Waals surface area contributed by atoms with Crippen LogP contribution in [0.4, 0.5) is 0 Å². The predicted molar refractivity (Wildman–Crippen MR) is 74.8 cm³/mol. The van der Waals surface area contributed by atoms with Crippen molar-refractivity contribution in [2.45, 2.75) is 44.6 Å². The molecular formula is C14H21NO3S. The maximum Gasteiger partial charge on any atom is 0.241 e. The van der Waals surface area contributed by atoms with E-state index in [-0.39, 0.29) is 6.10 Å². The number of sulfonamides is 1. The molecule has 1 fully saturated rings. The summed E-state index contributed by atoms with van der Waals surface area (Å²) >= 11 is 0. The van der Waals surface area contributed by atoms with Gasteiger partial charge in [0.05, 0.1) is 11.0 Å². The van der Waals surface area contributed by atoms with Gasteiger partial charge < -0.3 is 4.74 Å². The van der Waals surface area contributed by atoms with E-state index < -0.39 is 10.0 Å². The first-order chi connectivity index (χ1) is 8.90. The molecule has 1 heterocycles. The molecule has 19 heavy (non-hydrogen) atoms. The minimum absolute atomic E-state index is 0.0147. The fourth-order valence-corrected chi connectivity index (χ4v) is 4.19. The Kier molecular flexibility index (Phi) is 4.28. The zero-order chi connectivity index (χ0) is 14.0. The van der Waals surface area contributed by atoms with Gasteiger partial charge in [-0.15, -0.1) is 0 Å².